The maximum absolute atomic E-state index is 5.37. The van der Waals surface area contributed by atoms with Gasteiger partial charge in [0.2, 0.25) is 0 Å². The number of nitrogens with two attached hydrogens (primary N) is 1. The van der Waals surface area contributed by atoms with Gasteiger partial charge in [0, 0.05) is 6.54 Å². The van der Waals surface area contributed by atoms with Gasteiger partial charge in [0.25, 0.3) is 0 Å². The zero-order chi connectivity index (χ0) is 8.69. The maximum atomic E-state index is 5.37. The summed E-state index contributed by atoms with van der Waals surface area (Å²) in [5.74, 6) is 0.616. The van der Waals surface area contributed by atoms with Gasteiger partial charge in [-0.15, -0.1) is 0 Å². The lowest BCUT2D eigenvalue weighted by molar-refractivity contribution is 0.238. The van der Waals surface area contributed by atoms with E-state index in [1.54, 1.807) is 6.08 Å². The molecule has 0 bridgehead atoms. The summed E-state index contributed by atoms with van der Waals surface area (Å²) in [6.07, 6.45) is 1.58. The molecule has 11 heavy (non-hydrogen) atoms. The molecule has 0 heterocycles. The van der Waals surface area contributed by atoms with Gasteiger partial charge < -0.3 is 10.5 Å². The molecule has 0 aliphatic rings. The smallest absolute Gasteiger partial charge is 0.141 e. The predicted octanol–water partition coefficient (Wildman–Crippen LogP) is 1.08. The molecular formula is C8H14N2O. The Bertz CT molecular complexity index is 173. The van der Waals surface area contributed by atoms with E-state index in [-0.39, 0.29) is 0 Å². The van der Waals surface area contributed by atoms with E-state index in [0.29, 0.717) is 24.6 Å². The molecule has 0 saturated heterocycles. The molecule has 0 saturated carbocycles. The molecule has 3 heteroatoms. The van der Waals surface area contributed by atoms with Crippen LogP contribution in [-0.4, -0.2) is 19.9 Å². The van der Waals surface area contributed by atoms with Crippen LogP contribution in [0.3, 0.4) is 0 Å². The monoisotopic (exact) mass is 154 g/mol. The van der Waals surface area contributed by atoms with Crippen LogP contribution in [0.15, 0.2) is 29.1 Å². The molecule has 0 spiro atoms. The Morgan fingerprint density at radius 1 is 1.73 bits per heavy atom. The highest BCUT2D eigenvalue weighted by Gasteiger charge is 1.98. The fourth-order valence-corrected chi connectivity index (χ4v) is 0.659. The van der Waals surface area contributed by atoms with Gasteiger partial charge in [-0.3, -0.25) is 4.99 Å². The number of aliphatic imine (C=N–C) groups is 1. The molecule has 0 aromatic carbocycles. The third kappa shape index (κ3) is 3.00. The summed E-state index contributed by atoms with van der Waals surface area (Å²) < 4.78 is 5.18. The molecule has 0 atom stereocenters. The van der Waals surface area contributed by atoms with Crippen LogP contribution in [0, 0.1) is 0 Å². The lowest BCUT2D eigenvalue weighted by Crippen LogP contribution is -2.05. The van der Waals surface area contributed by atoms with Gasteiger partial charge in [-0.25, -0.2) is 0 Å². The van der Waals surface area contributed by atoms with E-state index < -0.39 is 0 Å². The summed E-state index contributed by atoms with van der Waals surface area (Å²) in [7, 11) is 0. The number of hydrogen-bond donors (Lipinski definition) is 1. The minimum absolute atomic E-state index is 0.324. The van der Waals surface area contributed by atoms with E-state index in [9.17, 15) is 0 Å². The van der Waals surface area contributed by atoms with Crippen molar-refractivity contribution in [2.75, 3.05) is 13.2 Å². The Balaban J connectivity index is 4.46. The molecule has 3 nitrogen and oxygen atoms in total. The second-order valence-corrected chi connectivity index (χ2v) is 1.81. The third-order valence-electron chi connectivity index (χ3n) is 1.15. The lowest BCUT2D eigenvalue weighted by atomic mass is 10.3. The topological polar surface area (TPSA) is 47.6 Å². The number of hydrogen-bond acceptors (Lipinski definition) is 3. The second kappa shape index (κ2) is 5.68. The summed E-state index contributed by atoms with van der Waals surface area (Å²) in [5, 5.41) is 0. The fraction of sp³-hybridized carbons (Fsp3) is 0.375. The van der Waals surface area contributed by atoms with Crippen LogP contribution in [-0.2, 0) is 4.74 Å². The highest BCUT2D eigenvalue weighted by atomic mass is 16.5. The molecule has 0 radical (unpaired) electrons. The summed E-state index contributed by atoms with van der Waals surface area (Å²) in [5.41, 5.74) is 6.01. The Labute approximate surface area is 67.3 Å². The highest BCUT2D eigenvalue weighted by molar-refractivity contribution is 5.32. The summed E-state index contributed by atoms with van der Waals surface area (Å²) in [6.45, 7) is 9.74. The molecule has 62 valence electrons. The first-order valence-electron chi connectivity index (χ1n) is 3.45. The Kier molecular flexibility index (Phi) is 5.11. The quantitative estimate of drug-likeness (QED) is 0.366. The largest absolute Gasteiger partial charge is 0.492 e. The van der Waals surface area contributed by atoms with E-state index in [4.69, 9.17) is 10.5 Å². The zero-order valence-electron chi connectivity index (χ0n) is 6.84. The van der Waals surface area contributed by atoms with Gasteiger partial charge in [-0.05, 0) is 19.7 Å². The summed E-state index contributed by atoms with van der Waals surface area (Å²) in [4.78, 5) is 3.70. The zero-order valence-corrected chi connectivity index (χ0v) is 6.84. The molecule has 2 N–H and O–H groups in total. The van der Waals surface area contributed by atoms with Gasteiger partial charge in [0.1, 0.15) is 5.76 Å². The average Bonchev–Trinajstić information content (AvgIpc) is 2.05. The first kappa shape index (κ1) is 9.91. The van der Waals surface area contributed by atoms with Gasteiger partial charge in [-0.2, -0.15) is 0 Å². The standard InChI is InChI=1S/C8H14N2O/c1-4-8(11-5-2)7(6-9)10-3/h4H,1,3,5-6,9H2,2H3/b8-7+. The fourth-order valence-electron chi connectivity index (χ4n) is 0.659. The SMILES string of the molecule is C=C/C(OCC)=C(/CN)N=C. The predicted molar refractivity (Wildman–Crippen MR) is 47.5 cm³/mol. The van der Waals surface area contributed by atoms with Crippen molar-refractivity contribution in [3.8, 4) is 0 Å². The molecule has 0 rings (SSSR count). The molecule has 0 aromatic rings. The van der Waals surface area contributed by atoms with E-state index >= 15 is 0 Å². The van der Waals surface area contributed by atoms with Crippen molar-refractivity contribution >= 4 is 6.72 Å². The number of ether oxygens (including phenoxy) is 1. The van der Waals surface area contributed by atoms with Crippen molar-refractivity contribution in [1.82, 2.24) is 0 Å². The van der Waals surface area contributed by atoms with Crippen molar-refractivity contribution in [2.24, 2.45) is 10.7 Å². The normalized spacial score (nSPS) is 11.8. The molecule has 0 aromatic heterocycles. The number of nitrogens with zero attached hydrogens (tertiary/aromatic N) is 1. The van der Waals surface area contributed by atoms with E-state index in [0.717, 1.165) is 0 Å². The second-order valence-electron chi connectivity index (χ2n) is 1.81. The van der Waals surface area contributed by atoms with Gasteiger partial charge in [0.05, 0.1) is 12.3 Å². The first-order chi connectivity index (χ1) is 5.29. The van der Waals surface area contributed by atoms with Gasteiger partial charge in [0.15, 0.2) is 0 Å². The molecular weight excluding hydrogens is 140 g/mol. The first-order valence-corrected chi connectivity index (χ1v) is 3.45. The number of allylic oxidation sites excluding steroid dienone is 1. The van der Waals surface area contributed by atoms with E-state index in [2.05, 4.69) is 18.3 Å². The minimum atomic E-state index is 0.324. The van der Waals surface area contributed by atoms with Gasteiger partial charge in [-0.1, -0.05) is 6.58 Å². The summed E-state index contributed by atoms with van der Waals surface area (Å²) >= 11 is 0. The van der Waals surface area contributed by atoms with E-state index in [1.165, 1.54) is 0 Å². The Morgan fingerprint density at radius 2 is 2.36 bits per heavy atom. The third-order valence-corrected chi connectivity index (χ3v) is 1.15. The maximum Gasteiger partial charge on any atom is 0.141 e. The van der Waals surface area contributed by atoms with Crippen molar-refractivity contribution in [2.45, 2.75) is 6.92 Å². The Hall–Kier alpha value is -1.09. The Morgan fingerprint density at radius 3 is 2.64 bits per heavy atom. The van der Waals surface area contributed by atoms with Crippen LogP contribution in [0.5, 0.6) is 0 Å². The van der Waals surface area contributed by atoms with Crippen molar-refractivity contribution in [3.05, 3.63) is 24.1 Å². The lowest BCUT2D eigenvalue weighted by Gasteiger charge is -2.06. The van der Waals surface area contributed by atoms with Crippen LogP contribution in [0.25, 0.3) is 0 Å². The molecule has 0 amide bonds. The highest BCUT2D eigenvalue weighted by Crippen LogP contribution is 2.06. The minimum Gasteiger partial charge on any atom is -0.492 e. The molecule has 0 unspecified atom stereocenters. The summed E-state index contributed by atoms with van der Waals surface area (Å²) in [6, 6.07) is 0. The van der Waals surface area contributed by atoms with Crippen molar-refractivity contribution in [3.63, 3.8) is 0 Å². The van der Waals surface area contributed by atoms with Crippen molar-refractivity contribution in [1.29, 1.82) is 0 Å². The van der Waals surface area contributed by atoms with Crippen molar-refractivity contribution < 1.29 is 4.74 Å². The van der Waals surface area contributed by atoms with Crippen LogP contribution >= 0.6 is 0 Å². The van der Waals surface area contributed by atoms with Crippen LogP contribution in [0.2, 0.25) is 0 Å². The molecule has 0 aliphatic carbocycles. The number of rotatable bonds is 5. The van der Waals surface area contributed by atoms with Crippen LogP contribution in [0.4, 0.5) is 0 Å². The van der Waals surface area contributed by atoms with Crippen LogP contribution in [0.1, 0.15) is 6.92 Å². The van der Waals surface area contributed by atoms with Crippen LogP contribution < -0.4 is 5.73 Å². The average molecular weight is 154 g/mol. The molecule has 0 aliphatic heterocycles. The molecule has 0 fully saturated rings. The van der Waals surface area contributed by atoms with E-state index in [1.807, 2.05) is 6.92 Å². The van der Waals surface area contributed by atoms with Gasteiger partial charge >= 0.3 is 0 Å².